The molecule has 1 atom stereocenters. The fourth-order valence-electron chi connectivity index (χ4n) is 7.20. The Morgan fingerprint density at radius 1 is 0.909 bits per heavy atom. The number of carbonyl (C=O) groups excluding carboxylic acids is 2. The Kier molecular flexibility index (Phi) is 9.08. The summed E-state index contributed by atoms with van der Waals surface area (Å²) in [5, 5.41) is 19.0. The van der Waals surface area contributed by atoms with Crippen LogP contribution in [0.2, 0.25) is 5.02 Å². The Bertz CT molecular complexity index is 2680. The fraction of sp³-hybridized carbons (Fsp3) is 0.0889. The van der Waals surface area contributed by atoms with E-state index in [9.17, 15) is 14.7 Å². The highest BCUT2D eigenvalue weighted by atomic mass is 35.5. The first-order valence-electron chi connectivity index (χ1n) is 17.6. The van der Waals surface area contributed by atoms with Gasteiger partial charge in [0.15, 0.2) is 5.78 Å². The van der Waals surface area contributed by atoms with Gasteiger partial charge in [0, 0.05) is 76.3 Å². The largest absolute Gasteiger partial charge is 0.506 e. The predicted octanol–water partition coefficient (Wildman–Crippen LogP) is 6.98. The van der Waals surface area contributed by atoms with E-state index >= 15 is 0 Å². The average Bonchev–Trinajstić information content (AvgIpc) is 3.53. The van der Waals surface area contributed by atoms with E-state index < -0.39 is 0 Å². The van der Waals surface area contributed by atoms with Crippen molar-refractivity contribution in [1.82, 2.24) is 20.5 Å². The molecular weight excluding hydrogens is 710 g/mol. The number of nitrogens with one attached hydrogen (secondary N) is 2. The molecule has 1 unspecified atom stereocenters. The number of benzene rings is 5. The summed E-state index contributed by atoms with van der Waals surface area (Å²) in [4.78, 5) is 33.0. The van der Waals surface area contributed by atoms with E-state index in [0.29, 0.717) is 33.9 Å². The van der Waals surface area contributed by atoms with Crippen LogP contribution in [-0.4, -0.2) is 33.7 Å². The number of Topliss-reactive ketones (excluding diaryl/α,β-unsaturated/α-hetero) is 1. The van der Waals surface area contributed by atoms with Crippen molar-refractivity contribution in [2.45, 2.75) is 19.6 Å². The molecule has 5 aromatic carbocycles. The Hall–Kier alpha value is -6.84. The lowest BCUT2D eigenvalue weighted by molar-refractivity contribution is 0.0951. The standard InChI is InChI=1S/C45H36ClN5O4/c1-25-4-12-34-39(20-25)55-40-23-32(47)11-14-35(40)41(34)33-13-9-31(21-36(33)26(2)52)45(54)49-24-27-5-7-29(8-6-27)44-50-42(28-16-18-48-19-17-28)43(51(44)3)30-10-15-37(46)38(53)22-30/h4-23,44,50,53H,1,24,47H2,2-3H3,(H,49,54). The minimum Gasteiger partial charge on any atom is -0.506 e. The first kappa shape index (κ1) is 35.2. The number of phenols is 1. The third-order valence-corrected chi connectivity index (χ3v) is 10.3. The van der Waals surface area contributed by atoms with Crippen molar-refractivity contribution in [3.05, 3.63) is 182 Å². The van der Waals surface area contributed by atoms with E-state index in [-0.39, 0.29) is 35.2 Å². The van der Waals surface area contributed by atoms with Crippen molar-refractivity contribution >= 4 is 52.5 Å². The van der Waals surface area contributed by atoms with Crippen LogP contribution in [-0.2, 0) is 6.54 Å². The Balaban J connectivity index is 1.03. The van der Waals surface area contributed by atoms with E-state index in [1.54, 1.807) is 48.8 Å². The zero-order chi connectivity index (χ0) is 38.4. The molecule has 2 aliphatic heterocycles. The SMILES string of the molecule is C=c1ccc2c(c1)Oc1cc(N)ccc1C=2c1ccc(C(=O)NCc2ccc(C3NC(c4ccncc4)=C(c4ccc(Cl)c(O)c4)N3C)cc2)cc1C(C)=O. The minimum absolute atomic E-state index is 0.00576. The summed E-state index contributed by atoms with van der Waals surface area (Å²) in [6.45, 7) is 5.82. The van der Waals surface area contributed by atoms with Gasteiger partial charge in [-0.1, -0.05) is 66.7 Å². The van der Waals surface area contributed by atoms with Crippen LogP contribution in [0.15, 0.2) is 122 Å². The second-order valence-corrected chi connectivity index (χ2v) is 14.0. The fourth-order valence-corrected chi connectivity index (χ4v) is 7.32. The lowest BCUT2D eigenvalue weighted by atomic mass is 9.87. The van der Waals surface area contributed by atoms with Crippen molar-refractivity contribution in [3.8, 4) is 17.2 Å². The lowest BCUT2D eigenvalue weighted by Gasteiger charge is -2.25. The van der Waals surface area contributed by atoms with Gasteiger partial charge < -0.3 is 31.1 Å². The van der Waals surface area contributed by atoms with E-state index in [0.717, 1.165) is 55.2 Å². The van der Waals surface area contributed by atoms with Crippen LogP contribution in [0.1, 0.15) is 67.2 Å². The molecule has 272 valence electrons. The maximum Gasteiger partial charge on any atom is 0.251 e. The van der Waals surface area contributed by atoms with Crippen LogP contribution in [0.4, 0.5) is 5.69 Å². The van der Waals surface area contributed by atoms with Gasteiger partial charge in [-0.2, -0.15) is 0 Å². The van der Waals surface area contributed by atoms with E-state index in [1.165, 1.54) is 6.92 Å². The maximum absolute atomic E-state index is 13.5. The number of nitrogen functional groups attached to an aromatic ring is 1. The molecule has 0 spiro atoms. The third kappa shape index (κ3) is 6.66. The minimum atomic E-state index is -0.301. The number of fused-ring (bicyclic) bond motifs is 2. The molecule has 0 aliphatic carbocycles. The molecule has 10 heteroatoms. The van der Waals surface area contributed by atoms with Crippen LogP contribution in [0.25, 0.3) is 23.5 Å². The van der Waals surface area contributed by atoms with E-state index in [4.69, 9.17) is 22.1 Å². The molecule has 8 rings (SSSR count). The van der Waals surface area contributed by atoms with Gasteiger partial charge in [-0.15, -0.1) is 0 Å². The van der Waals surface area contributed by atoms with Gasteiger partial charge in [0.25, 0.3) is 5.91 Å². The van der Waals surface area contributed by atoms with Gasteiger partial charge >= 0.3 is 0 Å². The summed E-state index contributed by atoms with van der Waals surface area (Å²) in [5.41, 5.74) is 15.2. The normalized spacial score (nSPS) is 14.5. The van der Waals surface area contributed by atoms with Gasteiger partial charge in [-0.3, -0.25) is 14.6 Å². The molecule has 55 heavy (non-hydrogen) atoms. The van der Waals surface area contributed by atoms with Crippen molar-refractivity contribution in [2.24, 2.45) is 0 Å². The molecule has 0 saturated heterocycles. The molecular formula is C45H36ClN5O4. The number of ether oxygens (including phenoxy) is 1. The number of rotatable bonds is 8. The molecule has 3 heterocycles. The molecule has 0 radical (unpaired) electrons. The Labute approximate surface area is 322 Å². The lowest BCUT2D eigenvalue weighted by Crippen LogP contribution is -2.26. The number of carbonyl (C=O) groups is 2. The number of ketones is 1. The number of hydrogen-bond donors (Lipinski definition) is 4. The Morgan fingerprint density at radius 3 is 2.42 bits per heavy atom. The smallest absolute Gasteiger partial charge is 0.251 e. The van der Waals surface area contributed by atoms with Crippen molar-refractivity contribution in [2.75, 3.05) is 12.8 Å². The molecule has 2 aliphatic rings. The van der Waals surface area contributed by atoms with Gasteiger partial charge in [-0.25, -0.2) is 0 Å². The Morgan fingerprint density at radius 2 is 1.67 bits per heavy atom. The number of anilines is 1. The number of phenolic OH excluding ortho intramolecular Hbond substituents is 1. The second kappa shape index (κ2) is 14.2. The number of aromatic hydroxyl groups is 1. The van der Waals surface area contributed by atoms with Gasteiger partial charge in [-0.05, 0) is 83.4 Å². The quantitative estimate of drug-likeness (QED) is 0.0970. The topological polar surface area (TPSA) is 130 Å². The van der Waals surface area contributed by atoms with Crippen LogP contribution < -0.4 is 31.5 Å². The molecule has 0 bridgehead atoms. The van der Waals surface area contributed by atoms with E-state index in [2.05, 4.69) is 27.1 Å². The molecule has 5 N–H and O–H groups in total. The number of aromatic nitrogens is 1. The molecule has 1 amide bonds. The van der Waals surface area contributed by atoms with E-state index in [1.807, 2.05) is 79.8 Å². The predicted molar refractivity (Wildman–Crippen MR) is 216 cm³/mol. The highest BCUT2D eigenvalue weighted by Crippen LogP contribution is 2.41. The molecule has 0 saturated carbocycles. The monoisotopic (exact) mass is 745 g/mol. The van der Waals surface area contributed by atoms with Gasteiger partial charge in [0.1, 0.15) is 23.4 Å². The van der Waals surface area contributed by atoms with Crippen LogP contribution in [0.5, 0.6) is 17.2 Å². The van der Waals surface area contributed by atoms with Crippen molar-refractivity contribution in [3.63, 3.8) is 0 Å². The zero-order valence-corrected chi connectivity index (χ0v) is 30.8. The summed E-state index contributed by atoms with van der Waals surface area (Å²) in [6, 6.07) is 33.5. The second-order valence-electron chi connectivity index (χ2n) is 13.6. The summed E-state index contributed by atoms with van der Waals surface area (Å²) < 4.78 is 6.21. The number of hydrogen-bond acceptors (Lipinski definition) is 8. The highest BCUT2D eigenvalue weighted by molar-refractivity contribution is 6.32. The number of halogens is 1. The zero-order valence-electron chi connectivity index (χ0n) is 30.1. The summed E-state index contributed by atoms with van der Waals surface area (Å²) >= 11 is 6.14. The highest BCUT2D eigenvalue weighted by Gasteiger charge is 2.32. The average molecular weight is 746 g/mol. The summed E-state index contributed by atoms with van der Waals surface area (Å²) in [5.74, 6) is 0.732. The third-order valence-electron chi connectivity index (χ3n) is 9.94. The van der Waals surface area contributed by atoms with Gasteiger partial charge in [0.2, 0.25) is 0 Å². The molecule has 6 aromatic rings. The van der Waals surface area contributed by atoms with Gasteiger partial charge in [0.05, 0.1) is 16.4 Å². The first-order chi connectivity index (χ1) is 26.5. The van der Waals surface area contributed by atoms with Crippen molar-refractivity contribution < 1.29 is 19.4 Å². The molecule has 1 aromatic heterocycles. The van der Waals surface area contributed by atoms with Crippen LogP contribution >= 0.6 is 11.6 Å². The van der Waals surface area contributed by atoms with Crippen molar-refractivity contribution in [1.29, 1.82) is 0 Å². The summed E-state index contributed by atoms with van der Waals surface area (Å²) in [6.07, 6.45) is 3.27. The number of nitrogens with two attached hydrogens (primary N) is 1. The summed E-state index contributed by atoms with van der Waals surface area (Å²) in [7, 11) is 1.99. The molecule has 0 fully saturated rings. The number of nitrogens with zero attached hydrogens (tertiary/aromatic N) is 2. The maximum atomic E-state index is 13.5. The first-order valence-corrected chi connectivity index (χ1v) is 18.0. The molecule has 9 nitrogen and oxygen atoms in total. The number of amides is 1. The van der Waals surface area contributed by atoms with Crippen LogP contribution in [0.3, 0.4) is 0 Å². The van der Waals surface area contributed by atoms with Crippen LogP contribution in [0, 0.1) is 0 Å². The number of pyridine rings is 1.